The maximum Gasteiger partial charge on any atom is 0.309 e. The Bertz CT molecular complexity index is 571. The van der Waals surface area contributed by atoms with E-state index in [1.807, 2.05) is 39.0 Å². The number of hydrogen-bond acceptors (Lipinski definition) is 2. The molecule has 1 saturated heterocycles. The standard InChI is InChI=1S/C16H20BrNO3/c1-9(2)8-18-14(19)7-12(16(20)21)15(18)11-4-5-13(17)10(3)6-11/h4-6,9,12,15H,7-8H2,1-3H3,(H,20,21). The van der Waals surface area contributed by atoms with Gasteiger partial charge in [0.2, 0.25) is 5.91 Å². The SMILES string of the molecule is Cc1cc(C2C(C(=O)O)CC(=O)N2CC(C)C)ccc1Br. The van der Waals surface area contributed by atoms with Gasteiger partial charge in [-0.3, -0.25) is 9.59 Å². The Morgan fingerprint density at radius 1 is 1.48 bits per heavy atom. The van der Waals surface area contributed by atoms with Crippen molar-refractivity contribution in [3.8, 4) is 0 Å². The fourth-order valence-electron chi connectivity index (χ4n) is 2.88. The molecule has 0 aliphatic carbocycles. The molecule has 0 radical (unpaired) electrons. The number of carboxylic acid groups (broad SMARTS) is 1. The van der Waals surface area contributed by atoms with Gasteiger partial charge in [-0.05, 0) is 30.0 Å². The topological polar surface area (TPSA) is 57.6 Å². The van der Waals surface area contributed by atoms with Gasteiger partial charge in [0.05, 0.1) is 12.0 Å². The van der Waals surface area contributed by atoms with E-state index in [-0.39, 0.29) is 18.4 Å². The number of aliphatic carboxylic acids is 1. The number of carbonyl (C=O) groups is 2. The fraction of sp³-hybridized carbons (Fsp3) is 0.500. The van der Waals surface area contributed by atoms with Crippen LogP contribution in [0.15, 0.2) is 22.7 Å². The van der Waals surface area contributed by atoms with E-state index in [9.17, 15) is 14.7 Å². The summed E-state index contributed by atoms with van der Waals surface area (Å²) in [6, 6.07) is 5.42. The minimum atomic E-state index is -0.903. The minimum Gasteiger partial charge on any atom is -0.481 e. The summed E-state index contributed by atoms with van der Waals surface area (Å²) in [7, 11) is 0. The summed E-state index contributed by atoms with van der Waals surface area (Å²) in [5.41, 5.74) is 1.94. The summed E-state index contributed by atoms with van der Waals surface area (Å²) in [5.74, 6) is -1.33. The van der Waals surface area contributed by atoms with Crippen molar-refractivity contribution in [2.75, 3.05) is 6.54 Å². The molecule has 1 aliphatic rings. The van der Waals surface area contributed by atoms with Crippen molar-refractivity contribution >= 4 is 27.8 Å². The van der Waals surface area contributed by atoms with Crippen LogP contribution in [-0.4, -0.2) is 28.4 Å². The van der Waals surface area contributed by atoms with Crippen LogP contribution in [-0.2, 0) is 9.59 Å². The van der Waals surface area contributed by atoms with Gasteiger partial charge in [-0.15, -0.1) is 0 Å². The van der Waals surface area contributed by atoms with Crippen molar-refractivity contribution in [3.05, 3.63) is 33.8 Å². The number of amides is 1. The largest absolute Gasteiger partial charge is 0.481 e. The molecular weight excluding hydrogens is 334 g/mol. The quantitative estimate of drug-likeness (QED) is 0.902. The number of carboxylic acids is 1. The Kier molecular flexibility index (Phi) is 4.71. The Morgan fingerprint density at radius 3 is 2.67 bits per heavy atom. The predicted molar refractivity (Wildman–Crippen MR) is 83.9 cm³/mol. The molecule has 1 N–H and O–H groups in total. The number of nitrogens with zero attached hydrogens (tertiary/aromatic N) is 1. The van der Waals surface area contributed by atoms with Crippen molar-refractivity contribution in [3.63, 3.8) is 0 Å². The van der Waals surface area contributed by atoms with Crippen LogP contribution < -0.4 is 0 Å². The first-order valence-corrected chi connectivity index (χ1v) is 7.89. The number of carbonyl (C=O) groups excluding carboxylic acids is 1. The Morgan fingerprint density at radius 2 is 2.14 bits per heavy atom. The molecule has 0 spiro atoms. The number of aryl methyl sites for hydroxylation is 1. The summed E-state index contributed by atoms with van der Waals surface area (Å²) >= 11 is 3.45. The smallest absolute Gasteiger partial charge is 0.309 e. The zero-order valence-electron chi connectivity index (χ0n) is 12.5. The second-order valence-corrected chi connectivity index (χ2v) is 6.90. The second-order valence-electron chi connectivity index (χ2n) is 6.04. The number of halogens is 1. The Balaban J connectivity index is 2.43. The molecule has 1 fully saturated rings. The van der Waals surface area contributed by atoms with Gasteiger partial charge in [0.25, 0.3) is 0 Å². The van der Waals surface area contributed by atoms with Crippen LogP contribution in [0.5, 0.6) is 0 Å². The highest BCUT2D eigenvalue weighted by Crippen LogP contribution is 2.39. The fourth-order valence-corrected chi connectivity index (χ4v) is 3.13. The predicted octanol–water partition coefficient (Wildman–Crippen LogP) is 3.39. The van der Waals surface area contributed by atoms with E-state index in [1.165, 1.54) is 0 Å². The maximum absolute atomic E-state index is 12.2. The van der Waals surface area contributed by atoms with Gasteiger partial charge in [-0.2, -0.15) is 0 Å². The first kappa shape index (κ1) is 16.0. The summed E-state index contributed by atoms with van der Waals surface area (Å²) in [6.45, 7) is 6.62. The summed E-state index contributed by atoms with van der Waals surface area (Å²) < 4.78 is 0.984. The van der Waals surface area contributed by atoms with E-state index in [2.05, 4.69) is 15.9 Å². The summed E-state index contributed by atoms with van der Waals surface area (Å²) in [5, 5.41) is 9.45. The minimum absolute atomic E-state index is 0.0679. The molecule has 1 aromatic rings. The van der Waals surface area contributed by atoms with Crippen molar-refractivity contribution in [2.45, 2.75) is 33.2 Å². The van der Waals surface area contributed by atoms with E-state index in [0.29, 0.717) is 12.5 Å². The van der Waals surface area contributed by atoms with Crippen molar-refractivity contribution in [2.24, 2.45) is 11.8 Å². The van der Waals surface area contributed by atoms with Crippen molar-refractivity contribution in [1.82, 2.24) is 4.90 Å². The molecule has 1 aromatic carbocycles. The van der Waals surface area contributed by atoms with Crippen LogP contribution in [0.25, 0.3) is 0 Å². The second kappa shape index (κ2) is 6.18. The van der Waals surface area contributed by atoms with E-state index >= 15 is 0 Å². The molecule has 1 amide bonds. The van der Waals surface area contributed by atoms with Crippen LogP contribution in [0.4, 0.5) is 0 Å². The molecule has 2 atom stereocenters. The average Bonchev–Trinajstić information content (AvgIpc) is 2.70. The lowest BCUT2D eigenvalue weighted by Crippen LogP contribution is -2.33. The van der Waals surface area contributed by atoms with Crippen LogP contribution in [0.1, 0.15) is 37.4 Å². The van der Waals surface area contributed by atoms with E-state index in [1.54, 1.807) is 4.90 Å². The lowest BCUT2D eigenvalue weighted by atomic mass is 9.92. The Labute approximate surface area is 133 Å². The first-order valence-electron chi connectivity index (χ1n) is 7.09. The van der Waals surface area contributed by atoms with Crippen LogP contribution in [0, 0.1) is 18.8 Å². The highest BCUT2D eigenvalue weighted by molar-refractivity contribution is 9.10. The van der Waals surface area contributed by atoms with Gasteiger partial charge < -0.3 is 10.0 Å². The zero-order valence-corrected chi connectivity index (χ0v) is 14.1. The van der Waals surface area contributed by atoms with Gasteiger partial charge in [-0.1, -0.05) is 41.9 Å². The molecule has 114 valence electrons. The van der Waals surface area contributed by atoms with Crippen LogP contribution >= 0.6 is 15.9 Å². The van der Waals surface area contributed by atoms with Gasteiger partial charge in [0.15, 0.2) is 0 Å². The van der Waals surface area contributed by atoms with E-state index < -0.39 is 11.9 Å². The Hall–Kier alpha value is -1.36. The molecule has 0 bridgehead atoms. The average molecular weight is 354 g/mol. The van der Waals surface area contributed by atoms with E-state index in [4.69, 9.17) is 0 Å². The van der Waals surface area contributed by atoms with Crippen LogP contribution in [0.2, 0.25) is 0 Å². The van der Waals surface area contributed by atoms with Gasteiger partial charge in [0, 0.05) is 17.4 Å². The van der Waals surface area contributed by atoms with Crippen molar-refractivity contribution < 1.29 is 14.7 Å². The molecule has 4 nitrogen and oxygen atoms in total. The summed E-state index contributed by atoms with van der Waals surface area (Å²) in [4.78, 5) is 25.5. The summed E-state index contributed by atoms with van der Waals surface area (Å²) in [6.07, 6.45) is 0.0852. The molecule has 5 heteroatoms. The zero-order chi connectivity index (χ0) is 15.7. The molecule has 2 unspecified atom stereocenters. The van der Waals surface area contributed by atoms with Gasteiger partial charge >= 0.3 is 5.97 Å². The molecule has 0 aromatic heterocycles. The molecule has 1 heterocycles. The molecule has 0 saturated carbocycles. The van der Waals surface area contributed by atoms with E-state index in [0.717, 1.165) is 15.6 Å². The lowest BCUT2D eigenvalue weighted by molar-refractivity contribution is -0.142. The third kappa shape index (κ3) is 3.28. The van der Waals surface area contributed by atoms with Gasteiger partial charge in [-0.25, -0.2) is 0 Å². The number of benzene rings is 1. The maximum atomic E-state index is 12.2. The first-order chi connectivity index (χ1) is 9.81. The third-order valence-corrected chi connectivity index (χ3v) is 4.72. The third-order valence-electron chi connectivity index (χ3n) is 3.83. The van der Waals surface area contributed by atoms with Crippen molar-refractivity contribution in [1.29, 1.82) is 0 Å². The number of likely N-dealkylation sites (tertiary alicyclic amines) is 1. The monoisotopic (exact) mass is 353 g/mol. The molecule has 1 aliphatic heterocycles. The van der Waals surface area contributed by atoms with Crippen LogP contribution in [0.3, 0.4) is 0 Å². The normalized spacial score (nSPS) is 22.1. The number of hydrogen-bond donors (Lipinski definition) is 1. The molecule has 2 rings (SSSR count). The molecular formula is C16H20BrNO3. The van der Waals surface area contributed by atoms with Gasteiger partial charge in [0.1, 0.15) is 0 Å². The lowest BCUT2D eigenvalue weighted by Gasteiger charge is -2.29. The highest BCUT2D eigenvalue weighted by Gasteiger charge is 2.44. The molecule has 21 heavy (non-hydrogen) atoms. The highest BCUT2D eigenvalue weighted by atomic mass is 79.9. The number of rotatable bonds is 4.